The predicted octanol–water partition coefficient (Wildman–Crippen LogP) is 0.604. The molecule has 0 aromatic carbocycles. The zero-order chi connectivity index (χ0) is 24.3. The van der Waals surface area contributed by atoms with Crippen molar-refractivity contribution in [1.29, 1.82) is 0 Å². The second-order valence-corrected chi connectivity index (χ2v) is 11.2. The van der Waals surface area contributed by atoms with Crippen LogP contribution in [0.15, 0.2) is 0 Å². The van der Waals surface area contributed by atoms with E-state index in [1.165, 1.54) is 14.2 Å². The van der Waals surface area contributed by atoms with Crippen molar-refractivity contribution >= 4 is 15.2 Å². The lowest BCUT2D eigenvalue weighted by atomic mass is 9.98. The lowest BCUT2D eigenvalue weighted by Gasteiger charge is -2.32. The summed E-state index contributed by atoms with van der Waals surface area (Å²) in [5, 5.41) is 18.1. The molecule has 0 aliphatic carbocycles. The monoisotopic (exact) mass is 496 g/mol. The molecular weight excluding hydrogens is 458 g/mol. The molecule has 0 saturated carbocycles. The average molecular weight is 496 g/mol. The number of aliphatic hydroxyl groups is 2. The van der Waals surface area contributed by atoms with Gasteiger partial charge in [0.15, 0.2) is 0 Å². The number of ether oxygens (including phenoxy) is 4. The van der Waals surface area contributed by atoms with Crippen LogP contribution in [0.1, 0.15) is 20.3 Å². The number of hydrogen-bond donors (Lipinski definition) is 4. The van der Waals surface area contributed by atoms with Gasteiger partial charge < -0.3 is 48.0 Å². The third kappa shape index (κ3) is 13.4. The summed E-state index contributed by atoms with van der Waals surface area (Å²) >= 11 is 0. The van der Waals surface area contributed by atoms with Gasteiger partial charge in [-0.3, -0.25) is 9.13 Å². The molecule has 4 N–H and O–H groups in total. The minimum absolute atomic E-state index is 0.0392. The maximum atomic E-state index is 11.2. The van der Waals surface area contributed by atoms with Crippen LogP contribution < -0.4 is 0 Å². The summed E-state index contributed by atoms with van der Waals surface area (Å²) in [6.07, 6.45) is -1.13. The summed E-state index contributed by atoms with van der Waals surface area (Å²) < 4.78 is 52.6. The number of hydrogen-bond acceptors (Lipinski definition) is 10. The summed E-state index contributed by atoms with van der Waals surface area (Å²) in [6, 6.07) is 0. The van der Waals surface area contributed by atoms with Crippen LogP contribution in [0, 0.1) is 0 Å². The van der Waals surface area contributed by atoms with Crippen molar-refractivity contribution in [2.45, 2.75) is 50.3 Å². The smallest absolute Gasteiger partial charge is 0.325 e. The average Bonchev–Trinajstić information content (AvgIpc) is 2.93. The first kappa shape index (κ1) is 31.1. The molecule has 0 aromatic rings. The normalized spacial score (nSPS) is 29.4. The molecule has 14 heteroatoms. The van der Waals surface area contributed by atoms with E-state index in [9.17, 15) is 19.1 Å². The Morgan fingerprint density at radius 1 is 1.10 bits per heavy atom. The standard InChI is InChI=1S/C9H19O6P.C8H19O6P/c1-7-4-8(15-16(3,11)12)9(5-10,14-7)6-13-2;1-7(4-9)14-8(5-12-2)6-13-15(3,10)11/h7-8,10H,4-6H2,1-3H3,(H,11,12);7-9H,4-6H2,1-3H3,(H,10,11)/t7-,8?,9+;/m0./s1. The summed E-state index contributed by atoms with van der Waals surface area (Å²) in [7, 11) is -4.13. The fraction of sp³-hybridized carbons (Fsp3) is 1.00. The van der Waals surface area contributed by atoms with Gasteiger partial charge in [-0.05, 0) is 13.8 Å². The quantitative estimate of drug-likeness (QED) is 0.262. The Kier molecular flexibility index (Phi) is 14.4. The predicted molar refractivity (Wildman–Crippen MR) is 112 cm³/mol. The fourth-order valence-electron chi connectivity index (χ4n) is 2.88. The number of methoxy groups -OCH3 is 2. The first-order chi connectivity index (χ1) is 14.2. The lowest BCUT2D eigenvalue weighted by molar-refractivity contribution is -0.135. The van der Waals surface area contributed by atoms with E-state index < -0.39 is 33.0 Å². The minimum atomic E-state index is -3.60. The molecule has 1 saturated heterocycles. The highest BCUT2D eigenvalue weighted by Crippen LogP contribution is 2.45. The van der Waals surface area contributed by atoms with Crippen molar-refractivity contribution < 1.29 is 57.1 Å². The molecule has 31 heavy (non-hydrogen) atoms. The lowest BCUT2D eigenvalue weighted by Crippen LogP contribution is -2.48. The van der Waals surface area contributed by atoms with Gasteiger partial charge in [-0.1, -0.05) is 0 Å². The van der Waals surface area contributed by atoms with E-state index in [0.717, 1.165) is 13.3 Å². The van der Waals surface area contributed by atoms with Crippen molar-refractivity contribution in [2.24, 2.45) is 0 Å². The summed E-state index contributed by atoms with van der Waals surface area (Å²) in [6.45, 7) is 5.62. The molecule has 0 radical (unpaired) electrons. The highest BCUT2D eigenvalue weighted by atomic mass is 31.2. The molecule has 1 aliphatic rings. The first-order valence-electron chi connectivity index (χ1n) is 9.68. The van der Waals surface area contributed by atoms with Crippen molar-refractivity contribution in [3.05, 3.63) is 0 Å². The van der Waals surface area contributed by atoms with Gasteiger partial charge in [0.2, 0.25) is 0 Å². The van der Waals surface area contributed by atoms with E-state index in [-0.39, 0.29) is 45.2 Å². The van der Waals surface area contributed by atoms with Gasteiger partial charge >= 0.3 is 15.2 Å². The molecule has 1 fully saturated rings. The first-order valence-corrected chi connectivity index (χ1v) is 13.7. The zero-order valence-electron chi connectivity index (χ0n) is 19.0. The van der Waals surface area contributed by atoms with E-state index in [4.69, 9.17) is 38.0 Å². The van der Waals surface area contributed by atoms with Crippen molar-refractivity contribution in [3.8, 4) is 0 Å². The molecule has 0 aromatic heterocycles. The van der Waals surface area contributed by atoms with Crippen LogP contribution in [0.25, 0.3) is 0 Å². The maximum absolute atomic E-state index is 11.2. The molecule has 1 aliphatic heterocycles. The van der Waals surface area contributed by atoms with Gasteiger partial charge in [0, 0.05) is 34.0 Å². The Morgan fingerprint density at radius 3 is 2.13 bits per heavy atom. The number of aliphatic hydroxyl groups excluding tert-OH is 2. The Bertz CT molecular complexity index is 579. The second kappa shape index (κ2) is 14.3. The van der Waals surface area contributed by atoms with Gasteiger partial charge in [-0.15, -0.1) is 0 Å². The third-order valence-corrected chi connectivity index (χ3v) is 5.36. The van der Waals surface area contributed by atoms with Gasteiger partial charge in [0.05, 0.1) is 45.2 Å². The molecule has 12 nitrogen and oxygen atoms in total. The van der Waals surface area contributed by atoms with Gasteiger partial charge in [-0.2, -0.15) is 0 Å². The van der Waals surface area contributed by atoms with Crippen LogP contribution >= 0.6 is 15.2 Å². The highest BCUT2D eigenvalue weighted by Gasteiger charge is 2.50. The Morgan fingerprint density at radius 2 is 1.71 bits per heavy atom. The summed E-state index contributed by atoms with van der Waals surface area (Å²) in [5.41, 5.74) is -1.04. The van der Waals surface area contributed by atoms with E-state index in [1.54, 1.807) is 6.92 Å². The van der Waals surface area contributed by atoms with Crippen LogP contribution in [-0.2, 0) is 37.1 Å². The Labute approximate surface area is 183 Å². The van der Waals surface area contributed by atoms with Gasteiger partial charge in [0.25, 0.3) is 0 Å². The van der Waals surface area contributed by atoms with Crippen molar-refractivity contribution in [2.75, 3.05) is 60.6 Å². The number of rotatable bonds is 13. The Hall–Kier alpha value is 0.0600. The van der Waals surface area contributed by atoms with Crippen molar-refractivity contribution in [3.63, 3.8) is 0 Å². The molecule has 7 atom stereocenters. The van der Waals surface area contributed by atoms with Crippen LogP contribution in [0.2, 0.25) is 0 Å². The van der Waals surface area contributed by atoms with Crippen LogP contribution in [0.3, 0.4) is 0 Å². The molecule has 0 amide bonds. The topological polar surface area (TPSA) is 170 Å². The van der Waals surface area contributed by atoms with Crippen LogP contribution in [-0.4, -0.2) is 111 Å². The molecule has 1 heterocycles. The maximum Gasteiger partial charge on any atom is 0.325 e. The summed E-state index contributed by atoms with van der Waals surface area (Å²) in [4.78, 5) is 18.1. The van der Waals surface area contributed by atoms with Gasteiger partial charge in [-0.25, -0.2) is 0 Å². The van der Waals surface area contributed by atoms with Crippen LogP contribution in [0.4, 0.5) is 0 Å². The molecular formula is C17H38O12P2. The minimum Gasteiger partial charge on any atom is -0.394 e. The van der Waals surface area contributed by atoms with Crippen molar-refractivity contribution in [1.82, 2.24) is 0 Å². The zero-order valence-corrected chi connectivity index (χ0v) is 20.8. The van der Waals surface area contributed by atoms with Gasteiger partial charge in [0.1, 0.15) is 17.8 Å². The molecule has 0 bridgehead atoms. The van der Waals surface area contributed by atoms with E-state index in [0.29, 0.717) is 6.42 Å². The molecule has 5 unspecified atom stereocenters. The second-order valence-electron chi connectivity index (χ2n) is 7.52. The van der Waals surface area contributed by atoms with E-state index in [1.807, 2.05) is 6.92 Å². The fourth-order valence-corrected chi connectivity index (χ4v) is 4.07. The third-order valence-electron chi connectivity index (χ3n) is 4.08. The van der Waals surface area contributed by atoms with E-state index in [2.05, 4.69) is 0 Å². The summed E-state index contributed by atoms with van der Waals surface area (Å²) in [5.74, 6) is 0. The van der Waals surface area contributed by atoms with E-state index >= 15 is 0 Å². The molecule has 188 valence electrons. The van der Waals surface area contributed by atoms with Crippen LogP contribution in [0.5, 0.6) is 0 Å². The highest BCUT2D eigenvalue weighted by molar-refractivity contribution is 7.52. The largest absolute Gasteiger partial charge is 0.394 e. The molecule has 0 spiro atoms. The molecule has 1 rings (SSSR count). The SMILES string of the molecule is COCC(COP(C)(=O)O)OC(C)CO.COC[C@@]1(CO)O[C@@H](C)CC1OP(C)(=O)O. The Balaban J connectivity index is 0.000000582.